The van der Waals surface area contributed by atoms with Gasteiger partial charge in [0, 0.05) is 0 Å². The quantitative estimate of drug-likeness (QED) is 0.354. The number of hydrogen-bond acceptors (Lipinski definition) is 2. The van der Waals surface area contributed by atoms with Crippen LogP contribution in [-0.2, 0) is 4.74 Å². The van der Waals surface area contributed by atoms with Crippen LogP contribution in [0.3, 0.4) is 0 Å². The maximum absolute atomic E-state index is 5.66. The van der Waals surface area contributed by atoms with Crippen molar-refractivity contribution in [3.8, 4) is 0 Å². The fraction of sp³-hybridized carbons (Fsp3) is 0.800. The molecule has 0 atom stereocenters. The van der Waals surface area contributed by atoms with E-state index in [-0.39, 0.29) is 11.9 Å². The van der Waals surface area contributed by atoms with Crippen LogP contribution in [0.5, 0.6) is 0 Å². The minimum atomic E-state index is -0.0746. The lowest BCUT2D eigenvalue weighted by molar-refractivity contribution is 0.0335. The highest BCUT2D eigenvalue weighted by Gasteiger charge is 2.12. The molecule has 6 heteroatoms. The number of ether oxygens (including phenoxy) is 1. The molecule has 1 aliphatic carbocycles. The van der Waals surface area contributed by atoms with E-state index < -0.39 is 0 Å². The fourth-order valence-corrected chi connectivity index (χ4v) is 1.78. The molecule has 0 aromatic carbocycles. The standard InChI is InChI=1S/C10H21N5O/c11-9(12)15-10(13)14-6-7-16-8-4-2-1-3-5-8/h8H,1-7H2,(H6,11,12,13,14,15). The Morgan fingerprint density at radius 1 is 1.12 bits per heavy atom. The van der Waals surface area contributed by atoms with Gasteiger partial charge in [0.1, 0.15) is 0 Å². The van der Waals surface area contributed by atoms with E-state index in [4.69, 9.17) is 21.9 Å². The SMILES string of the molecule is NC(N)=NC(N)=NCCOC1CCCCC1. The Labute approximate surface area is 95.9 Å². The van der Waals surface area contributed by atoms with Crippen molar-refractivity contribution in [2.75, 3.05) is 13.2 Å². The summed E-state index contributed by atoms with van der Waals surface area (Å²) in [6.07, 6.45) is 6.58. The second-order valence-corrected chi connectivity index (χ2v) is 3.91. The minimum absolute atomic E-state index is 0.0746. The van der Waals surface area contributed by atoms with Gasteiger partial charge in [-0.3, -0.25) is 0 Å². The van der Waals surface area contributed by atoms with Crippen LogP contribution in [0.4, 0.5) is 0 Å². The highest BCUT2D eigenvalue weighted by atomic mass is 16.5. The average molecular weight is 227 g/mol. The first-order valence-electron chi connectivity index (χ1n) is 5.69. The van der Waals surface area contributed by atoms with Crippen LogP contribution in [0.15, 0.2) is 9.98 Å². The van der Waals surface area contributed by atoms with Gasteiger partial charge in [0.05, 0.1) is 19.3 Å². The van der Waals surface area contributed by atoms with Crippen molar-refractivity contribution in [3.05, 3.63) is 0 Å². The van der Waals surface area contributed by atoms with Crippen molar-refractivity contribution >= 4 is 11.9 Å². The molecule has 6 N–H and O–H groups in total. The lowest BCUT2D eigenvalue weighted by Gasteiger charge is -2.21. The van der Waals surface area contributed by atoms with Crippen molar-refractivity contribution in [1.29, 1.82) is 0 Å². The summed E-state index contributed by atoms with van der Waals surface area (Å²) < 4.78 is 5.66. The maximum atomic E-state index is 5.66. The predicted molar refractivity (Wildman–Crippen MR) is 65.1 cm³/mol. The molecule has 0 unspecified atom stereocenters. The molecule has 0 spiro atoms. The molecule has 1 aliphatic rings. The largest absolute Gasteiger partial charge is 0.376 e. The summed E-state index contributed by atoms with van der Waals surface area (Å²) in [7, 11) is 0. The van der Waals surface area contributed by atoms with Crippen molar-refractivity contribution in [3.63, 3.8) is 0 Å². The molecular formula is C10H21N5O. The van der Waals surface area contributed by atoms with Crippen LogP contribution >= 0.6 is 0 Å². The zero-order valence-corrected chi connectivity index (χ0v) is 9.56. The van der Waals surface area contributed by atoms with Crippen molar-refractivity contribution in [2.45, 2.75) is 38.2 Å². The number of nitrogens with zero attached hydrogens (tertiary/aromatic N) is 2. The van der Waals surface area contributed by atoms with Crippen LogP contribution in [0.1, 0.15) is 32.1 Å². The van der Waals surface area contributed by atoms with Crippen LogP contribution in [-0.4, -0.2) is 31.2 Å². The van der Waals surface area contributed by atoms with Crippen LogP contribution in [0, 0.1) is 0 Å². The number of guanidine groups is 2. The first kappa shape index (κ1) is 12.8. The number of nitrogens with two attached hydrogens (primary N) is 3. The summed E-state index contributed by atoms with van der Waals surface area (Å²) in [6.45, 7) is 1.07. The zero-order chi connectivity index (χ0) is 11.8. The van der Waals surface area contributed by atoms with Crippen molar-refractivity contribution in [1.82, 2.24) is 0 Å². The van der Waals surface area contributed by atoms with E-state index in [1.807, 2.05) is 0 Å². The van der Waals surface area contributed by atoms with Crippen molar-refractivity contribution in [2.24, 2.45) is 27.2 Å². The average Bonchev–Trinajstić information content (AvgIpc) is 2.25. The Hall–Kier alpha value is -1.30. The van der Waals surface area contributed by atoms with Crippen LogP contribution < -0.4 is 17.2 Å². The van der Waals surface area contributed by atoms with Gasteiger partial charge >= 0.3 is 0 Å². The van der Waals surface area contributed by atoms with E-state index in [1.165, 1.54) is 19.3 Å². The van der Waals surface area contributed by atoms with Crippen molar-refractivity contribution < 1.29 is 4.74 Å². The summed E-state index contributed by atoms with van der Waals surface area (Å²) in [4.78, 5) is 7.58. The van der Waals surface area contributed by atoms with E-state index in [9.17, 15) is 0 Å². The summed E-state index contributed by atoms with van der Waals surface area (Å²) in [6, 6.07) is 0. The molecule has 0 heterocycles. The van der Waals surface area contributed by atoms with E-state index in [1.54, 1.807) is 0 Å². The Morgan fingerprint density at radius 2 is 1.81 bits per heavy atom. The predicted octanol–water partition coefficient (Wildman–Crippen LogP) is -0.0762. The zero-order valence-electron chi connectivity index (χ0n) is 9.56. The van der Waals surface area contributed by atoms with Gasteiger partial charge in [-0.1, -0.05) is 19.3 Å². The molecule has 0 amide bonds. The summed E-state index contributed by atoms with van der Waals surface area (Å²) >= 11 is 0. The molecule has 0 bridgehead atoms. The molecule has 92 valence electrons. The van der Waals surface area contributed by atoms with E-state index in [2.05, 4.69) is 9.98 Å². The normalized spacial score (nSPS) is 18.4. The molecule has 1 rings (SSSR count). The topological polar surface area (TPSA) is 112 Å². The first-order valence-corrected chi connectivity index (χ1v) is 5.69. The van der Waals surface area contributed by atoms with Gasteiger partial charge in [0.2, 0.25) is 5.96 Å². The third-order valence-corrected chi connectivity index (χ3v) is 2.51. The molecule has 0 saturated heterocycles. The fourth-order valence-electron chi connectivity index (χ4n) is 1.78. The van der Waals surface area contributed by atoms with Gasteiger partial charge in [0.25, 0.3) is 0 Å². The summed E-state index contributed by atoms with van der Waals surface area (Å²) in [5.41, 5.74) is 15.7. The van der Waals surface area contributed by atoms with Gasteiger partial charge in [0.15, 0.2) is 5.96 Å². The van der Waals surface area contributed by atoms with Crippen LogP contribution in [0.25, 0.3) is 0 Å². The maximum Gasteiger partial charge on any atom is 0.218 e. The molecule has 0 aromatic heterocycles. The summed E-state index contributed by atoms with van der Waals surface area (Å²) in [5.74, 6) is 0.0293. The van der Waals surface area contributed by atoms with E-state index in [0.717, 1.165) is 12.8 Å². The minimum Gasteiger partial charge on any atom is -0.376 e. The number of rotatable bonds is 4. The number of aliphatic imine (C=N–C) groups is 2. The first-order chi connectivity index (χ1) is 7.68. The van der Waals surface area contributed by atoms with Gasteiger partial charge in [-0.2, -0.15) is 4.99 Å². The molecular weight excluding hydrogens is 206 g/mol. The van der Waals surface area contributed by atoms with Gasteiger partial charge in [-0.05, 0) is 12.8 Å². The molecule has 0 aromatic rings. The number of hydrogen-bond donors (Lipinski definition) is 3. The molecule has 0 radical (unpaired) electrons. The van der Waals surface area contributed by atoms with Gasteiger partial charge in [-0.25, -0.2) is 4.99 Å². The monoisotopic (exact) mass is 227 g/mol. The molecule has 1 fully saturated rings. The van der Waals surface area contributed by atoms with E-state index >= 15 is 0 Å². The molecule has 0 aliphatic heterocycles. The lowest BCUT2D eigenvalue weighted by Crippen LogP contribution is -2.26. The Morgan fingerprint density at radius 3 is 2.44 bits per heavy atom. The second-order valence-electron chi connectivity index (χ2n) is 3.91. The van der Waals surface area contributed by atoms with Gasteiger partial charge in [-0.15, -0.1) is 0 Å². The molecule has 6 nitrogen and oxygen atoms in total. The highest BCUT2D eigenvalue weighted by Crippen LogP contribution is 2.19. The lowest BCUT2D eigenvalue weighted by atomic mass is 9.98. The van der Waals surface area contributed by atoms with Gasteiger partial charge < -0.3 is 21.9 Å². The smallest absolute Gasteiger partial charge is 0.218 e. The summed E-state index contributed by atoms with van der Waals surface area (Å²) in [5, 5.41) is 0. The second kappa shape index (κ2) is 7.05. The Bertz CT molecular complexity index is 254. The Kier molecular flexibility index (Phi) is 5.63. The third-order valence-electron chi connectivity index (χ3n) is 2.51. The molecule has 1 saturated carbocycles. The Balaban J connectivity index is 2.12. The van der Waals surface area contributed by atoms with E-state index in [0.29, 0.717) is 19.3 Å². The highest BCUT2D eigenvalue weighted by molar-refractivity contribution is 5.92. The van der Waals surface area contributed by atoms with Crippen LogP contribution in [0.2, 0.25) is 0 Å². The third kappa shape index (κ3) is 5.55. The molecule has 16 heavy (non-hydrogen) atoms.